The van der Waals surface area contributed by atoms with Gasteiger partial charge in [-0.15, -0.1) is 21.5 Å². The van der Waals surface area contributed by atoms with Crippen LogP contribution in [0.4, 0.5) is 0 Å². The van der Waals surface area contributed by atoms with Crippen molar-refractivity contribution in [2.24, 2.45) is 7.05 Å². The van der Waals surface area contributed by atoms with E-state index in [0.29, 0.717) is 5.75 Å². The van der Waals surface area contributed by atoms with Crippen LogP contribution in [0.2, 0.25) is 0 Å². The Bertz CT molecular complexity index is 898. The molecule has 25 heavy (non-hydrogen) atoms. The van der Waals surface area contributed by atoms with Gasteiger partial charge in [0.15, 0.2) is 16.8 Å². The Kier molecular flexibility index (Phi) is 5.24. The van der Waals surface area contributed by atoms with Crippen molar-refractivity contribution in [3.8, 4) is 17.1 Å². The van der Waals surface area contributed by atoms with Crippen molar-refractivity contribution in [3.05, 3.63) is 45.6 Å². The van der Waals surface area contributed by atoms with Gasteiger partial charge in [-0.25, -0.2) is 0 Å². The van der Waals surface area contributed by atoms with Crippen LogP contribution in [-0.2, 0) is 7.05 Å². The molecule has 0 saturated carbocycles. The quantitative estimate of drug-likeness (QED) is 0.480. The van der Waals surface area contributed by atoms with E-state index in [4.69, 9.17) is 4.74 Å². The smallest absolute Gasteiger partial charge is 0.191 e. The first-order chi connectivity index (χ1) is 12.0. The molecule has 0 N–H and O–H groups in total. The number of rotatable bonds is 6. The molecule has 0 atom stereocenters. The van der Waals surface area contributed by atoms with Crippen molar-refractivity contribution in [1.82, 2.24) is 14.8 Å². The van der Waals surface area contributed by atoms with Gasteiger partial charge in [-0.1, -0.05) is 11.8 Å². The SMILES string of the molecule is COc1ccc(-c2nnc(SCC(=O)c3cc(C)sc3C)n2C)cc1. The number of ether oxygens (including phenoxy) is 1. The molecular weight excluding hydrogens is 354 g/mol. The highest BCUT2D eigenvalue weighted by Gasteiger charge is 2.16. The number of benzene rings is 1. The third-order valence-corrected chi connectivity index (χ3v) is 5.84. The van der Waals surface area contributed by atoms with E-state index in [9.17, 15) is 4.79 Å². The average Bonchev–Trinajstić information content (AvgIpc) is 3.14. The molecule has 130 valence electrons. The highest BCUT2D eigenvalue weighted by molar-refractivity contribution is 7.99. The minimum absolute atomic E-state index is 0.126. The molecule has 0 fully saturated rings. The lowest BCUT2D eigenvalue weighted by molar-refractivity contribution is 0.102. The third-order valence-electron chi connectivity index (χ3n) is 3.86. The molecule has 2 aromatic heterocycles. The number of methoxy groups -OCH3 is 1. The number of thiophene rings is 1. The van der Waals surface area contributed by atoms with Gasteiger partial charge in [-0.3, -0.25) is 4.79 Å². The van der Waals surface area contributed by atoms with Gasteiger partial charge in [0, 0.05) is 27.9 Å². The lowest BCUT2D eigenvalue weighted by Crippen LogP contribution is -2.04. The maximum Gasteiger partial charge on any atom is 0.191 e. The van der Waals surface area contributed by atoms with Crippen LogP contribution in [0.1, 0.15) is 20.1 Å². The van der Waals surface area contributed by atoms with Gasteiger partial charge < -0.3 is 9.30 Å². The molecule has 2 heterocycles. The number of hydrogen-bond donors (Lipinski definition) is 0. The van der Waals surface area contributed by atoms with Crippen LogP contribution in [0.25, 0.3) is 11.4 Å². The summed E-state index contributed by atoms with van der Waals surface area (Å²) in [5.41, 5.74) is 1.77. The average molecular weight is 374 g/mol. The standard InChI is InChI=1S/C18H19N3O2S2/c1-11-9-15(12(2)25-11)16(22)10-24-18-20-19-17(21(18)3)13-5-7-14(23-4)8-6-13/h5-9H,10H2,1-4H3. The second kappa shape index (κ2) is 7.41. The predicted molar refractivity (Wildman–Crippen MR) is 102 cm³/mol. The highest BCUT2D eigenvalue weighted by Crippen LogP contribution is 2.26. The number of carbonyl (C=O) groups is 1. The number of nitrogens with zero attached hydrogens (tertiary/aromatic N) is 3. The minimum atomic E-state index is 0.126. The second-order valence-electron chi connectivity index (χ2n) is 5.63. The zero-order valence-electron chi connectivity index (χ0n) is 14.6. The Morgan fingerprint density at radius 1 is 1.24 bits per heavy atom. The summed E-state index contributed by atoms with van der Waals surface area (Å²) < 4.78 is 7.08. The predicted octanol–water partition coefficient (Wildman–Crippen LogP) is 4.14. The van der Waals surface area contributed by atoms with Gasteiger partial charge in [0.2, 0.25) is 0 Å². The molecule has 0 unspecified atom stereocenters. The van der Waals surface area contributed by atoms with Crippen molar-refractivity contribution in [3.63, 3.8) is 0 Å². The third kappa shape index (κ3) is 3.77. The highest BCUT2D eigenvalue weighted by atomic mass is 32.2. The van der Waals surface area contributed by atoms with E-state index in [0.717, 1.165) is 37.6 Å². The molecule has 1 aromatic carbocycles. The molecule has 0 bridgehead atoms. The topological polar surface area (TPSA) is 57.0 Å². The van der Waals surface area contributed by atoms with E-state index in [2.05, 4.69) is 10.2 Å². The summed E-state index contributed by atoms with van der Waals surface area (Å²) in [6.07, 6.45) is 0. The minimum Gasteiger partial charge on any atom is -0.497 e. The van der Waals surface area contributed by atoms with Gasteiger partial charge in [0.25, 0.3) is 0 Å². The molecule has 3 rings (SSSR count). The summed E-state index contributed by atoms with van der Waals surface area (Å²) in [6.45, 7) is 4.01. The molecule has 0 spiro atoms. The van der Waals surface area contributed by atoms with Crippen LogP contribution in [-0.4, -0.2) is 33.4 Å². The van der Waals surface area contributed by atoms with Gasteiger partial charge in [0.05, 0.1) is 12.9 Å². The summed E-state index contributed by atoms with van der Waals surface area (Å²) in [5, 5.41) is 9.20. The molecule has 3 aromatic rings. The van der Waals surface area contributed by atoms with Gasteiger partial charge >= 0.3 is 0 Å². The Balaban J connectivity index is 1.72. The summed E-state index contributed by atoms with van der Waals surface area (Å²) >= 11 is 3.06. The first-order valence-electron chi connectivity index (χ1n) is 7.76. The number of thioether (sulfide) groups is 1. The van der Waals surface area contributed by atoms with E-state index in [1.807, 2.05) is 55.8 Å². The van der Waals surface area contributed by atoms with Crippen LogP contribution >= 0.6 is 23.1 Å². The van der Waals surface area contributed by atoms with Crippen LogP contribution in [0.3, 0.4) is 0 Å². The maximum absolute atomic E-state index is 12.4. The first-order valence-corrected chi connectivity index (χ1v) is 9.56. The number of aryl methyl sites for hydroxylation is 2. The molecule has 0 aliphatic carbocycles. The van der Waals surface area contributed by atoms with E-state index in [1.165, 1.54) is 11.8 Å². The summed E-state index contributed by atoms with van der Waals surface area (Å²) in [6, 6.07) is 9.63. The monoisotopic (exact) mass is 373 g/mol. The number of ketones is 1. The van der Waals surface area contributed by atoms with Gasteiger partial charge in [-0.05, 0) is 44.2 Å². The van der Waals surface area contributed by atoms with E-state index >= 15 is 0 Å². The zero-order chi connectivity index (χ0) is 18.0. The lowest BCUT2D eigenvalue weighted by Gasteiger charge is -2.05. The molecular formula is C18H19N3O2S2. The molecule has 5 nitrogen and oxygen atoms in total. The van der Waals surface area contributed by atoms with Crippen molar-refractivity contribution in [2.45, 2.75) is 19.0 Å². The van der Waals surface area contributed by atoms with Crippen molar-refractivity contribution in [1.29, 1.82) is 0 Å². The number of carbonyl (C=O) groups excluding carboxylic acids is 1. The molecule has 0 amide bonds. The van der Waals surface area contributed by atoms with Gasteiger partial charge in [-0.2, -0.15) is 0 Å². The lowest BCUT2D eigenvalue weighted by atomic mass is 10.2. The van der Waals surface area contributed by atoms with Crippen LogP contribution in [0.5, 0.6) is 5.75 Å². The number of hydrogen-bond acceptors (Lipinski definition) is 6. The summed E-state index contributed by atoms with van der Waals surface area (Å²) in [7, 11) is 3.55. The molecule has 7 heteroatoms. The number of aromatic nitrogens is 3. The summed E-state index contributed by atoms with van der Waals surface area (Å²) in [5.74, 6) is 2.04. The van der Waals surface area contributed by atoms with Crippen LogP contribution < -0.4 is 4.74 Å². The molecule has 0 aliphatic rings. The van der Waals surface area contributed by atoms with E-state index in [1.54, 1.807) is 18.4 Å². The fourth-order valence-corrected chi connectivity index (χ4v) is 4.28. The van der Waals surface area contributed by atoms with E-state index in [-0.39, 0.29) is 5.78 Å². The Morgan fingerprint density at radius 3 is 2.56 bits per heavy atom. The Morgan fingerprint density at radius 2 is 1.96 bits per heavy atom. The number of Topliss-reactive ketones (excluding diaryl/α,β-unsaturated/α-hetero) is 1. The largest absolute Gasteiger partial charge is 0.497 e. The molecule has 0 radical (unpaired) electrons. The van der Waals surface area contributed by atoms with E-state index < -0.39 is 0 Å². The van der Waals surface area contributed by atoms with Crippen molar-refractivity contribution in [2.75, 3.05) is 12.9 Å². The normalized spacial score (nSPS) is 10.9. The van der Waals surface area contributed by atoms with Crippen LogP contribution in [0.15, 0.2) is 35.5 Å². The zero-order valence-corrected chi connectivity index (χ0v) is 16.2. The van der Waals surface area contributed by atoms with Crippen LogP contribution in [0, 0.1) is 13.8 Å². The first kappa shape index (κ1) is 17.7. The molecule has 0 aliphatic heterocycles. The van der Waals surface area contributed by atoms with Crippen molar-refractivity contribution < 1.29 is 9.53 Å². The fraction of sp³-hybridized carbons (Fsp3) is 0.278. The maximum atomic E-state index is 12.4. The summed E-state index contributed by atoms with van der Waals surface area (Å²) in [4.78, 5) is 14.7. The Labute approximate surface area is 155 Å². The van der Waals surface area contributed by atoms with Crippen molar-refractivity contribution >= 4 is 28.9 Å². The second-order valence-corrected chi connectivity index (χ2v) is 8.04. The fourth-order valence-electron chi connectivity index (χ4n) is 2.55. The van der Waals surface area contributed by atoms with Gasteiger partial charge in [0.1, 0.15) is 5.75 Å². The Hall–Kier alpha value is -2.12. The molecule has 0 saturated heterocycles.